The molecule has 0 aliphatic carbocycles. The van der Waals surface area contributed by atoms with E-state index in [4.69, 9.17) is 4.74 Å². The van der Waals surface area contributed by atoms with Crippen LogP contribution in [-0.4, -0.2) is 47.0 Å². The lowest BCUT2D eigenvalue weighted by Gasteiger charge is -2.36. The van der Waals surface area contributed by atoms with Gasteiger partial charge in [0, 0.05) is 29.3 Å². The van der Waals surface area contributed by atoms with E-state index >= 15 is 0 Å². The van der Waals surface area contributed by atoms with E-state index in [0.29, 0.717) is 18.9 Å². The van der Waals surface area contributed by atoms with Crippen molar-refractivity contribution < 1.29 is 40.7 Å². The lowest BCUT2D eigenvalue weighted by atomic mass is 9.90. The van der Waals surface area contributed by atoms with Crippen LogP contribution >= 0.6 is 0 Å². The van der Waals surface area contributed by atoms with Gasteiger partial charge in [0.05, 0.1) is 24.8 Å². The summed E-state index contributed by atoms with van der Waals surface area (Å²) in [5.74, 6) is -2.72. The standard InChI is InChI=1S/C25H25F6N3O3/c1-2-16-4-6-20(34(16)24(36)13-7-8-32-19(9-13)22(27)28)23(35)33-21(14-11-37-12-14)17-5-3-15(10-18(17)26)25(29,30)31/h3,5,7-10,14,16,20-22H,2,4,6,11-12H2,1H3,(H,33,35)/t16-,20-,21?/m1/s1. The maximum absolute atomic E-state index is 14.8. The van der Waals surface area contributed by atoms with E-state index in [2.05, 4.69) is 10.3 Å². The van der Waals surface area contributed by atoms with Gasteiger partial charge in [-0.15, -0.1) is 0 Å². The summed E-state index contributed by atoms with van der Waals surface area (Å²) in [6.07, 6.45) is -5.23. The van der Waals surface area contributed by atoms with E-state index in [-0.39, 0.29) is 42.7 Å². The van der Waals surface area contributed by atoms with Crippen LogP contribution in [0.15, 0.2) is 36.5 Å². The number of halogens is 6. The predicted molar refractivity (Wildman–Crippen MR) is 119 cm³/mol. The molecule has 200 valence electrons. The van der Waals surface area contributed by atoms with Gasteiger partial charge in [-0.3, -0.25) is 14.6 Å². The van der Waals surface area contributed by atoms with Crippen LogP contribution in [-0.2, 0) is 15.7 Å². The summed E-state index contributed by atoms with van der Waals surface area (Å²) >= 11 is 0. The van der Waals surface area contributed by atoms with Gasteiger partial charge in [-0.2, -0.15) is 13.2 Å². The molecule has 0 spiro atoms. The molecule has 12 heteroatoms. The summed E-state index contributed by atoms with van der Waals surface area (Å²) in [7, 11) is 0. The lowest BCUT2D eigenvalue weighted by Crippen LogP contribution is -2.52. The highest BCUT2D eigenvalue weighted by molar-refractivity contribution is 5.98. The SMILES string of the molecule is CC[C@@H]1CC[C@H](C(=O)NC(c2ccc(C(F)(F)F)cc2F)C2COC2)N1C(=O)c1ccnc(C(F)F)c1. The molecule has 3 atom stereocenters. The summed E-state index contributed by atoms with van der Waals surface area (Å²) in [5, 5.41) is 2.72. The third-order valence-corrected chi connectivity index (χ3v) is 6.86. The molecule has 2 saturated heterocycles. The Balaban J connectivity index is 1.60. The molecule has 2 fully saturated rings. The minimum atomic E-state index is -4.73. The number of likely N-dealkylation sites (tertiary alicyclic amines) is 1. The zero-order valence-electron chi connectivity index (χ0n) is 19.8. The molecule has 4 rings (SSSR count). The molecule has 1 aromatic heterocycles. The number of nitrogens with zero attached hydrogens (tertiary/aromatic N) is 2. The highest BCUT2D eigenvalue weighted by Crippen LogP contribution is 2.36. The van der Waals surface area contributed by atoms with Gasteiger partial charge in [0.25, 0.3) is 12.3 Å². The van der Waals surface area contributed by atoms with Gasteiger partial charge in [-0.1, -0.05) is 13.0 Å². The van der Waals surface area contributed by atoms with Crippen LogP contribution in [0.25, 0.3) is 0 Å². The minimum absolute atomic E-state index is 0.0406. The molecule has 2 aliphatic rings. The summed E-state index contributed by atoms with van der Waals surface area (Å²) in [4.78, 5) is 31.7. The van der Waals surface area contributed by atoms with Crippen LogP contribution in [0.1, 0.15) is 65.8 Å². The number of alkyl halides is 5. The first kappa shape index (κ1) is 26.9. The second kappa shape index (κ2) is 10.7. The Bertz CT molecular complexity index is 1150. The van der Waals surface area contributed by atoms with Gasteiger partial charge < -0.3 is 15.0 Å². The minimum Gasteiger partial charge on any atom is -0.381 e. The van der Waals surface area contributed by atoms with E-state index in [9.17, 15) is 35.9 Å². The number of amides is 2. The fraction of sp³-hybridized carbons (Fsp3) is 0.480. The molecule has 0 radical (unpaired) electrons. The van der Waals surface area contributed by atoms with Crippen molar-refractivity contribution in [1.29, 1.82) is 0 Å². The van der Waals surface area contributed by atoms with Crippen molar-refractivity contribution in [3.63, 3.8) is 0 Å². The quantitative estimate of drug-likeness (QED) is 0.509. The van der Waals surface area contributed by atoms with Crippen LogP contribution < -0.4 is 5.32 Å². The molecule has 2 aromatic rings. The average Bonchev–Trinajstić information content (AvgIpc) is 3.26. The number of benzene rings is 1. The zero-order valence-corrected chi connectivity index (χ0v) is 19.8. The van der Waals surface area contributed by atoms with Crippen molar-refractivity contribution in [1.82, 2.24) is 15.2 Å². The van der Waals surface area contributed by atoms with Gasteiger partial charge in [0.2, 0.25) is 5.91 Å². The van der Waals surface area contributed by atoms with Crippen molar-refractivity contribution in [2.75, 3.05) is 13.2 Å². The van der Waals surface area contributed by atoms with Crippen molar-refractivity contribution in [2.45, 2.75) is 56.9 Å². The highest BCUT2D eigenvalue weighted by Gasteiger charge is 2.43. The van der Waals surface area contributed by atoms with E-state index in [1.807, 2.05) is 6.92 Å². The number of carbonyl (C=O) groups is 2. The lowest BCUT2D eigenvalue weighted by molar-refractivity contribution is -0.138. The molecule has 37 heavy (non-hydrogen) atoms. The third kappa shape index (κ3) is 5.58. The first-order chi connectivity index (χ1) is 17.5. The smallest absolute Gasteiger partial charge is 0.381 e. The maximum Gasteiger partial charge on any atom is 0.416 e. The number of hydrogen-bond acceptors (Lipinski definition) is 4. The molecule has 0 bridgehead atoms. The molecule has 0 saturated carbocycles. The molecule has 3 heterocycles. The summed E-state index contributed by atoms with van der Waals surface area (Å²) in [6.45, 7) is 2.17. The Labute approximate surface area is 209 Å². The van der Waals surface area contributed by atoms with Crippen LogP contribution in [0, 0.1) is 11.7 Å². The Hall–Kier alpha value is -3.15. The van der Waals surface area contributed by atoms with Crippen LogP contribution in [0.2, 0.25) is 0 Å². The number of aromatic nitrogens is 1. The molecule has 1 unspecified atom stereocenters. The number of carbonyl (C=O) groups excluding carboxylic acids is 2. The Kier molecular flexibility index (Phi) is 7.77. The summed E-state index contributed by atoms with van der Waals surface area (Å²) in [6, 6.07) is 2.13. The summed E-state index contributed by atoms with van der Waals surface area (Å²) < 4.78 is 85.2. The van der Waals surface area contributed by atoms with E-state index in [1.54, 1.807) is 0 Å². The maximum atomic E-state index is 14.8. The van der Waals surface area contributed by atoms with Gasteiger partial charge >= 0.3 is 6.18 Å². The number of pyridine rings is 1. The van der Waals surface area contributed by atoms with Gasteiger partial charge in [-0.25, -0.2) is 13.2 Å². The zero-order chi connectivity index (χ0) is 26.9. The van der Waals surface area contributed by atoms with E-state index < -0.39 is 53.6 Å². The van der Waals surface area contributed by atoms with Gasteiger partial charge in [0.1, 0.15) is 17.6 Å². The van der Waals surface area contributed by atoms with E-state index in [1.165, 1.54) is 11.0 Å². The molecular weight excluding hydrogens is 504 g/mol. The third-order valence-electron chi connectivity index (χ3n) is 6.86. The molecule has 1 aromatic carbocycles. The fourth-order valence-corrected chi connectivity index (χ4v) is 4.80. The van der Waals surface area contributed by atoms with Gasteiger partial charge in [-0.05, 0) is 43.5 Å². The first-order valence-electron chi connectivity index (χ1n) is 11.8. The Morgan fingerprint density at radius 3 is 2.46 bits per heavy atom. The van der Waals surface area contributed by atoms with Crippen molar-refractivity contribution in [2.24, 2.45) is 5.92 Å². The number of hydrogen-bond donors (Lipinski definition) is 1. The normalized spacial score (nSPS) is 21.1. The number of nitrogens with one attached hydrogen (secondary N) is 1. The first-order valence-corrected chi connectivity index (χ1v) is 11.8. The van der Waals surface area contributed by atoms with Crippen molar-refractivity contribution in [3.05, 3.63) is 64.7 Å². The second-order valence-corrected chi connectivity index (χ2v) is 9.16. The van der Waals surface area contributed by atoms with E-state index in [0.717, 1.165) is 24.4 Å². The summed E-state index contributed by atoms with van der Waals surface area (Å²) in [5.41, 5.74) is -1.88. The van der Waals surface area contributed by atoms with Crippen LogP contribution in [0.5, 0.6) is 0 Å². The second-order valence-electron chi connectivity index (χ2n) is 9.16. The fourth-order valence-electron chi connectivity index (χ4n) is 4.80. The Morgan fingerprint density at radius 1 is 1.16 bits per heavy atom. The topological polar surface area (TPSA) is 71.5 Å². The molecular formula is C25H25F6N3O3. The van der Waals surface area contributed by atoms with Gasteiger partial charge in [0.15, 0.2) is 0 Å². The average molecular weight is 529 g/mol. The van der Waals surface area contributed by atoms with Crippen molar-refractivity contribution >= 4 is 11.8 Å². The number of ether oxygens (including phenoxy) is 1. The molecule has 1 N–H and O–H groups in total. The van der Waals surface area contributed by atoms with Crippen molar-refractivity contribution in [3.8, 4) is 0 Å². The highest BCUT2D eigenvalue weighted by atomic mass is 19.4. The predicted octanol–water partition coefficient (Wildman–Crippen LogP) is 5.06. The number of rotatable bonds is 7. The molecule has 2 amide bonds. The Morgan fingerprint density at radius 2 is 1.89 bits per heavy atom. The largest absolute Gasteiger partial charge is 0.416 e. The molecule has 2 aliphatic heterocycles. The van der Waals surface area contributed by atoms with Crippen LogP contribution in [0.4, 0.5) is 26.3 Å². The van der Waals surface area contributed by atoms with Crippen LogP contribution in [0.3, 0.4) is 0 Å². The monoisotopic (exact) mass is 529 g/mol. The molecule has 6 nitrogen and oxygen atoms in total.